The van der Waals surface area contributed by atoms with Crippen LogP contribution >= 0.6 is 0 Å². The third-order valence-electron chi connectivity index (χ3n) is 1.96. The molecule has 72 valence electrons. The summed E-state index contributed by atoms with van der Waals surface area (Å²) in [5.74, 6) is 0. The van der Waals surface area contributed by atoms with Gasteiger partial charge in [-0.1, -0.05) is 65.2 Å². The van der Waals surface area contributed by atoms with E-state index >= 15 is 0 Å². The van der Waals surface area contributed by atoms with Gasteiger partial charge in [0.2, 0.25) is 0 Å². The molecule has 0 unspecified atom stereocenters. The predicted octanol–water partition coefficient (Wildman–Crippen LogP) is 3.32. The normalized spacial score (nSPS) is 8.50. The van der Waals surface area contributed by atoms with Crippen LogP contribution in [0, 0.1) is 0 Å². The van der Waals surface area contributed by atoms with Crippen molar-refractivity contribution >= 4 is 0 Å². The molecule has 1 nitrogen and oxygen atoms in total. The Morgan fingerprint density at radius 1 is 0.583 bits per heavy atom. The van der Waals surface area contributed by atoms with Crippen molar-refractivity contribution in [3.8, 4) is 0 Å². The molecule has 0 aromatic heterocycles. The second kappa shape index (κ2) is 17.6. The molecule has 0 aliphatic rings. The largest absolute Gasteiger partial charge is 0.412 e. The Bertz CT molecular complexity index is 49.8. The van der Waals surface area contributed by atoms with Gasteiger partial charge in [0.05, 0.1) is 0 Å². The van der Waals surface area contributed by atoms with Gasteiger partial charge in [0.25, 0.3) is 0 Å². The Kier molecular flexibility index (Phi) is 27.0. The van der Waals surface area contributed by atoms with Crippen LogP contribution in [0.1, 0.15) is 65.2 Å². The van der Waals surface area contributed by atoms with Crippen LogP contribution < -0.4 is 0 Å². The molecular formula is C10H24OZn. The third-order valence-corrected chi connectivity index (χ3v) is 1.96. The Morgan fingerprint density at radius 3 is 1.08 bits per heavy atom. The molecule has 0 aliphatic heterocycles. The summed E-state index contributed by atoms with van der Waals surface area (Å²) in [5.41, 5.74) is 0. The molecule has 0 heterocycles. The van der Waals surface area contributed by atoms with Gasteiger partial charge in [-0.15, -0.1) is 0 Å². The average Bonchev–Trinajstić information content (AvgIpc) is 1.97. The fraction of sp³-hybridized carbons (Fsp3) is 1.00. The first-order chi connectivity index (χ1) is 4.91. The van der Waals surface area contributed by atoms with Crippen molar-refractivity contribution in [3.05, 3.63) is 0 Å². The standard InChI is InChI=1S/C10H22.H2O.Zn/c1-3-5-7-9-10-8-6-4-2;;/h3-10H2,1-2H3;1H2;. The van der Waals surface area contributed by atoms with Gasteiger partial charge in [-0.05, 0) is 0 Å². The van der Waals surface area contributed by atoms with E-state index in [1.807, 2.05) is 0 Å². The van der Waals surface area contributed by atoms with Gasteiger partial charge in [-0.3, -0.25) is 0 Å². The van der Waals surface area contributed by atoms with E-state index in [4.69, 9.17) is 0 Å². The van der Waals surface area contributed by atoms with Crippen LogP contribution in [-0.4, -0.2) is 5.48 Å². The second-order valence-electron chi connectivity index (χ2n) is 3.12. The van der Waals surface area contributed by atoms with Gasteiger partial charge in [0.15, 0.2) is 0 Å². The maximum Gasteiger partial charge on any atom is 0 e. The van der Waals surface area contributed by atoms with Gasteiger partial charge in [0, 0.05) is 19.5 Å². The van der Waals surface area contributed by atoms with Crippen LogP contribution in [0.5, 0.6) is 0 Å². The monoisotopic (exact) mass is 224 g/mol. The first-order valence-corrected chi connectivity index (χ1v) is 4.91. The van der Waals surface area contributed by atoms with Crippen LogP contribution in [-0.2, 0) is 19.5 Å². The molecule has 0 rings (SSSR count). The summed E-state index contributed by atoms with van der Waals surface area (Å²) in [5, 5.41) is 0. The minimum Gasteiger partial charge on any atom is -0.412 e. The van der Waals surface area contributed by atoms with Crippen molar-refractivity contribution in [3.63, 3.8) is 0 Å². The molecule has 0 aliphatic carbocycles. The van der Waals surface area contributed by atoms with Crippen molar-refractivity contribution in [2.24, 2.45) is 0 Å². The van der Waals surface area contributed by atoms with Gasteiger partial charge >= 0.3 is 0 Å². The smallest absolute Gasteiger partial charge is 0 e. The minimum absolute atomic E-state index is 0. The quantitative estimate of drug-likeness (QED) is 0.470. The van der Waals surface area contributed by atoms with E-state index in [0.29, 0.717) is 0 Å². The summed E-state index contributed by atoms with van der Waals surface area (Å²) in [7, 11) is 0. The first kappa shape index (κ1) is 18.4. The predicted molar refractivity (Wildman–Crippen MR) is 51.9 cm³/mol. The van der Waals surface area contributed by atoms with E-state index in [1.54, 1.807) is 0 Å². The molecule has 2 N–H and O–H groups in total. The molecule has 0 atom stereocenters. The van der Waals surface area contributed by atoms with Crippen LogP contribution in [0.4, 0.5) is 0 Å². The summed E-state index contributed by atoms with van der Waals surface area (Å²) in [6, 6.07) is 0. The first-order valence-electron chi connectivity index (χ1n) is 4.91. The van der Waals surface area contributed by atoms with Gasteiger partial charge in [-0.2, -0.15) is 0 Å². The van der Waals surface area contributed by atoms with Crippen molar-refractivity contribution in [1.82, 2.24) is 0 Å². The number of rotatable bonds is 7. The van der Waals surface area contributed by atoms with E-state index < -0.39 is 0 Å². The van der Waals surface area contributed by atoms with Crippen molar-refractivity contribution in [2.75, 3.05) is 0 Å². The number of hydrogen-bond donors (Lipinski definition) is 0. The van der Waals surface area contributed by atoms with Gasteiger partial charge < -0.3 is 5.48 Å². The van der Waals surface area contributed by atoms with Gasteiger partial charge in [-0.25, -0.2) is 0 Å². The zero-order chi connectivity index (χ0) is 7.66. The van der Waals surface area contributed by atoms with E-state index in [-0.39, 0.29) is 25.0 Å². The molecule has 0 spiro atoms. The van der Waals surface area contributed by atoms with Gasteiger partial charge in [0.1, 0.15) is 0 Å². The van der Waals surface area contributed by atoms with Crippen molar-refractivity contribution < 1.29 is 25.0 Å². The molecule has 0 saturated heterocycles. The van der Waals surface area contributed by atoms with Crippen LogP contribution in [0.3, 0.4) is 0 Å². The Labute approximate surface area is 90.4 Å². The molecule has 0 saturated carbocycles. The Hall–Kier alpha value is 0.583. The zero-order valence-corrected chi connectivity index (χ0v) is 11.8. The maximum atomic E-state index is 2.27. The van der Waals surface area contributed by atoms with E-state index in [0.717, 1.165) is 0 Å². The van der Waals surface area contributed by atoms with Crippen molar-refractivity contribution in [1.29, 1.82) is 0 Å². The summed E-state index contributed by atoms with van der Waals surface area (Å²) in [6.07, 6.45) is 11.5. The van der Waals surface area contributed by atoms with Crippen LogP contribution in [0.15, 0.2) is 0 Å². The fourth-order valence-corrected chi connectivity index (χ4v) is 1.21. The Balaban J connectivity index is -0.000000405. The zero-order valence-electron chi connectivity index (χ0n) is 8.86. The summed E-state index contributed by atoms with van der Waals surface area (Å²) in [4.78, 5) is 0. The average molecular weight is 226 g/mol. The number of hydrogen-bond acceptors (Lipinski definition) is 0. The molecule has 0 aromatic rings. The second-order valence-corrected chi connectivity index (χ2v) is 3.12. The SMILES string of the molecule is CCCCCCCCCC.O.[Zn]. The molecule has 0 bridgehead atoms. The van der Waals surface area contributed by atoms with E-state index in [2.05, 4.69) is 13.8 Å². The summed E-state index contributed by atoms with van der Waals surface area (Å²) >= 11 is 0. The minimum atomic E-state index is 0. The topological polar surface area (TPSA) is 31.5 Å². The molecule has 0 radical (unpaired) electrons. The third kappa shape index (κ3) is 16.9. The fourth-order valence-electron chi connectivity index (χ4n) is 1.21. The summed E-state index contributed by atoms with van der Waals surface area (Å²) in [6.45, 7) is 4.54. The number of unbranched alkanes of at least 4 members (excludes halogenated alkanes) is 7. The Morgan fingerprint density at radius 2 is 0.833 bits per heavy atom. The van der Waals surface area contributed by atoms with Crippen LogP contribution in [0.25, 0.3) is 0 Å². The molecule has 12 heavy (non-hydrogen) atoms. The maximum absolute atomic E-state index is 2.27. The summed E-state index contributed by atoms with van der Waals surface area (Å²) < 4.78 is 0. The van der Waals surface area contributed by atoms with E-state index in [9.17, 15) is 0 Å². The van der Waals surface area contributed by atoms with Crippen molar-refractivity contribution in [2.45, 2.75) is 65.2 Å². The molecule has 2 heteroatoms. The molecular weight excluding hydrogens is 201 g/mol. The van der Waals surface area contributed by atoms with E-state index in [1.165, 1.54) is 51.4 Å². The molecule has 0 aromatic carbocycles. The molecule has 0 fully saturated rings. The van der Waals surface area contributed by atoms with Crippen LogP contribution in [0.2, 0.25) is 0 Å². The molecule has 0 amide bonds.